The van der Waals surface area contributed by atoms with E-state index < -0.39 is 0 Å². The Balaban J connectivity index is 2.52. The van der Waals surface area contributed by atoms with Crippen LogP contribution in [0.25, 0.3) is 0 Å². The summed E-state index contributed by atoms with van der Waals surface area (Å²) in [5.74, 6) is 3.82. The molecule has 1 aliphatic carbocycles. The Hall–Kier alpha value is 0. The molecule has 0 aromatic heterocycles. The molecule has 0 spiro atoms. The van der Waals surface area contributed by atoms with Gasteiger partial charge in [-0.2, -0.15) is 0 Å². The molecule has 1 aliphatic rings. The molecule has 0 aromatic carbocycles. The summed E-state index contributed by atoms with van der Waals surface area (Å²) < 4.78 is 0. The van der Waals surface area contributed by atoms with Crippen LogP contribution in [0.5, 0.6) is 0 Å². The Morgan fingerprint density at radius 2 is 1.00 bits per heavy atom. The minimum atomic E-state index is 0.948. The number of rotatable bonds is 0. The first-order valence-corrected chi connectivity index (χ1v) is 4.63. The Morgan fingerprint density at radius 1 is 0.700 bits per heavy atom. The first-order chi connectivity index (χ1) is 4.63. The van der Waals surface area contributed by atoms with Crippen LogP contribution in [0.1, 0.15) is 40.5 Å². The van der Waals surface area contributed by atoms with Gasteiger partial charge in [-0.25, -0.2) is 0 Å². The topological polar surface area (TPSA) is 0 Å². The minimum absolute atomic E-state index is 0.948. The molecule has 0 saturated heterocycles. The van der Waals surface area contributed by atoms with E-state index in [0.717, 1.165) is 23.7 Å². The highest BCUT2D eigenvalue weighted by Crippen LogP contribution is 2.37. The van der Waals surface area contributed by atoms with E-state index in [0.29, 0.717) is 0 Å². The lowest BCUT2D eigenvalue weighted by atomic mass is 9.69. The molecule has 0 nitrogen and oxygen atoms in total. The Morgan fingerprint density at radius 3 is 1.30 bits per heavy atom. The summed E-state index contributed by atoms with van der Waals surface area (Å²) in [6.07, 6.45) is 2.90. The molecule has 4 unspecified atom stereocenters. The summed E-state index contributed by atoms with van der Waals surface area (Å²) in [7, 11) is 0. The van der Waals surface area contributed by atoms with Crippen LogP contribution in [-0.4, -0.2) is 0 Å². The van der Waals surface area contributed by atoms with Crippen molar-refractivity contribution >= 4 is 0 Å². The Kier molecular flexibility index (Phi) is 2.38. The molecule has 60 valence electrons. The average Bonchev–Trinajstić information content (AvgIpc) is 1.93. The van der Waals surface area contributed by atoms with Gasteiger partial charge in [-0.05, 0) is 23.7 Å². The molecule has 1 rings (SSSR count). The Bertz CT molecular complexity index is 92.6. The molecule has 0 heteroatoms. The highest BCUT2D eigenvalue weighted by molar-refractivity contribution is 4.78. The van der Waals surface area contributed by atoms with Crippen LogP contribution in [-0.2, 0) is 0 Å². The zero-order chi connectivity index (χ0) is 7.72. The fraction of sp³-hybridized carbons (Fsp3) is 1.00. The van der Waals surface area contributed by atoms with Crippen LogP contribution in [0.15, 0.2) is 0 Å². The number of hydrogen-bond donors (Lipinski definition) is 0. The predicted octanol–water partition coefficient (Wildman–Crippen LogP) is 3.32. The van der Waals surface area contributed by atoms with Crippen LogP contribution in [0.2, 0.25) is 0 Å². The third kappa shape index (κ3) is 1.36. The molecule has 0 N–H and O–H groups in total. The lowest BCUT2D eigenvalue weighted by Gasteiger charge is -2.36. The van der Waals surface area contributed by atoms with Crippen LogP contribution < -0.4 is 0 Å². The maximum Gasteiger partial charge on any atom is -0.0389 e. The molecule has 0 heterocycles. The second kappa shape index (κ2) is 2.94. The van der Waals surface area contributed by atoms with Crippen molar-refractivity contribution in [1.82, 2.24) is 0 Å². The van der Waals surface area contributed by atoms with E-state index in [2.05, 4.69) is 27.7 Å². The molecule has 1 fully saturated rings. The van der Waals surface area contributed by atoms with E-state index >= 15 is 0 Å². The highest BCUT2D eigenvalue weighted by atomic mass is 14.3. The Labute approximate surface area is 65.0 Å². The SMILES string of the molecule is CC1CCC(C)C(C)C1C. The van der Waals surface area contributed by atoms with E-state index in [9.17, 15) is 0 Å². The van der Waals surface area contributed by atoms with Crippen molar-refractivity contribution in [3.05, 3.63) is 0 Å². The van der Waals surface area contributed by atoms with Gasteiger partial charge in [-0.15, -0.1) is 0 Å². The summed E-state index contributed by atoms with van der Waals surface area (Å²) in [6.45, 7) is 9.61. The summed E-state index contributed by atoms with van der Waals surface area (Å²) in [6, 6.07) is 0. The normalized spacial score (nSPS) is 49.2. The first-order valence-electron chi connectivity index (χ1n) is 4.63. The number of hydrogen-bond acceptors (Lipinski definition) is 0. The van der Waals surface area contributed by atoms with Crippen molar-refractivity contribution in [2.45, 2.75) is 40.5 Å². The van der Waals surface area contributed by atoms with Gasteiger partial charge in [0.25, 0.3) is 0 Å². The fourth-order valence-electron chi connectivity index (χ4n) is 2.09. The maximum absolute atomic E-state index is 2.41. The largest absolute Gasteiger partial charge is 0.0622 e. The quantitative estimate of drug-likeness (QED) is 0.484. The molecule has 0 amide bonds. The molecular weight excluding hydrogens is 120 g/mol. The second-order valence-corrected chi connectivity index (χ2v) is 4.25. The van der Waals surface area contributed by atoms with Gasteiger partial charge in [0.15, 0.2) is 0 Å². The maximum atomic E-state index is 2.41. The van der Waals surface area contributed by atoms with Crippen LogP contribution in [0, 0.1) is 23.7 Å². The average molecular weight is 140 g/mol. The van der Waals surface area contributed by atoms with Gasteiger partial charge in [0.05, 0.1) is 0 Å². The molecular formula is C10H20. The van der Waals surface area contributed by atoms with E-state index in [1.807, 2.05) is 0 Å². The molecule has 10 heavy (non-hydrogen) atoms. The first kappa shape index (κ1) is 8.10. The van der Waals surface area contributed by atoms with Crippen LogP contribution >= 0.6 is 0 Å². The minimum Gasteiger partial charge on any atom is -0.0622 e. The molecule has 4 atom stereocenters. The van der Waals surface area contributed by atoms with Crippen molar-refractivity contribution in [3.8, 4) is 0 Å². The van der Waals surface area contributed by atoms with E-state index in [-0.39, 0.29) is 0 Å². The van der Waals surface area contributed by atoms with Crippen molar-refractivity contribution in [1.29, 1.82) is 0 Å². The summed E-state index contributed by atoms with van der Waals surface area (Å²) in [4.78, 5) is 0. The van der Waals surface area contributed by atoms with Gasteiger partial charge in [0, 0.05) is 0 Å². The van der Waals surface area contributed by atoms with E-state index in [1.54, 1.807) is 0 Å². The lowest BCUT2D eigenvalue weighted by molar-refractivity contribution is 0.137. The summed E-state index contributed by atoms with van der Waals surface area (Å²) in [5, 5.41) is 0. The van der Waals surface area contributed by atoms with Crippen LogP contribution in [0.3, 0.4) is 0 Å². The summed E-state index contributed by atoms with van der Waals surface area (Å²) >= 11 is 0. The van der Waals surface area contributed by atoms with Gasteiger partial charge in [-0.3, -0.25) is 0 Å². The fourth-order valence-corrected chi connectivity index (χ4v) is 2.09. The van der Waals surface area contributed by atoms with Crippen molar-refractivity contribution in [3.63, 3.8) is 0 Å². The van der Waals surface area contributed by atoms with Gasteiger partial charge in [0.1, 0.15) is 0 Å². The van der Waals surface area contributed by atoms with E-state index in [4.69, 9.17) is 0 Å². The zero-order valence-electron chi connectivity index (χ0n) is 7.72. The predicted molar refractivity (Wildman–Crippen MR) is 45.9 cm³/mol. The highest BCUT2D eigenvalue weighted by Gasteiger charge is 2.28. The van der Waals surface area contributed by atoms with Crippen molar-refractivity contribution in [2.24, 2.45) is 23.7 Å². The van der Waals surface area contributed by atoms with Gasteiger partial charge < -0.3 is 0 Å². The summed E-state index contributed by atoms with van der Waals surface area (Å²) in [5.41, 5.74) is 0. The molecule has 0 bridgehead atoms. The third-order valence-corrected chi connectivity index (χ3v) is 3.70. The standard InChI is InChI=1S/C10H20/c1-7-5-6-8(2)10(4)9(7)3/h7-10H,5-6H2,1-4H3. The van der Waals surface area contributed by atoms with Gasteiger partial charge in [0.2, 0.25) is 0 Å². The van der Waals surface area contributed by atoms with Crippen LogP contribution in [0.4, 0.5) is 0 Å². The van der Waals surface area contributed by atoms with E-state index in [1.165, 1.54) is 12.8 Å². The zero-order valence-corrected chi connectivity index (χ0v) is 7.72. The smallest absolute Gasteiger partial charge is 0.0389 e. The van der Waals surface area contributed by atoms with Gasteiger partial charge >= 0.3 is 0 Å². The molecule has 0 aliphatic heterocycles. The second-order valence-electron chi connectivity index (χ2n) is 4.25. The molecule has 0 radical (unpaired) electrons. The lowest BCUT2D eigenvalue weighted by Crippen LogP contribution is -2.27. The van der Waals surface area contributed by atoms with Crippen molar-refractivity contribution < 1.29 is 0 Å². The monoisotopic (exact) mass is 140 g/mol. The molecule has 0 aromatic rings. The van der Waals surface area contributed by atoms with Gasteiger partial charge in [-0.1, -0.05) is 40.5 Å². The third-order valence-electron chi connectivity index (χ3n) is 3.70. The molecule has 1 saturated carbocycles. The van der Waals surface area contributed by atoms with Crippen molar-refractivity contribution in [2.75, 3.05) is 0 Å².